The van der Waals surface area contributed by atoms with Crippen LogP contribution in [0.5, 0.6) is 23.0 Å². The van der Waals surface area contributed by atoms with Crippen LogP contribution in [0, 0.1) is 11.8 Å². The molecule has 4 aromatic heterocycles. The molecule has 0 unspecified atom stereocenters. The Bertz CT molecular complexity index is 1790. The van der Waals surface area contributed by atoms with Crippen molar-refractivity contribution in [3.63, 3.8) is 0 Å². The fraction of sp³-hybridized carbons (Fsp3) is 0.422. The number of aromatic nitrogens is 3. The van der Waals surface area contributed by atoms with Gasteiger partial charge in [-0.3, -0.25) is 0 Å². The Hall–Kier alpha value is -4.56. The Kier molecular flexibility index (Phi) is 16.7. The zero-order chi connectivity index (χ0) is 39.0. The predicted octanol–water partition coefficient (Wildman–Crippen LogP) is 12.4. The number of benzene rings is 2. The lowest BCUT2D eigenvalue weighted by atomic mass is 9.87. The molecule has 8 rings (SSSR count). The van der Waals surface area contributed by atoms with Crippen LogP contribution in [0.2, 0.25) is 0 Å². The Morgan fingerprint density at radius 1 is 0.604 bits per heavy atom. The first-order chi connectivity index (χ1) is 25.1. The van der Waals surface area contributed by atoms with Gasteiger partial charge in [0.1, 0.15) is 18.0 Å². The van der Waals surface area contributed by atoms with Gasteiger partial charge in [0.25, 0.3) is 0 Å². The topological polar surface area (TPSA) is 67.1 Å². The monoisotopic (exact) mass is 739 g/mol. The maximum absolute atomic E-state index is 5.30. The summed E-state index contributed by atoms with van der Waals surface area (Å²) in [5.41, 5.74) is 4.30. The predicted molar refractivity (Wildman–Crippen MR) is 223 cm³/mol. The van der Waals surface area contributed by atoms with E-state index in [0.29, 0.717) is 20.0 Å². The van der Waals surface area contributed by atoms with Gasteiger partial charge in [-0.15, -0.1) is 11.3 Å². The minimum atomic E-state index is 0.170. The average Bonchev–Trinajstić information content (AvgIpc) is 3.87. The Morgan fingerprint density at radius 3 is 1.57 bits per heavy atom. The van der Waals surface area contributed by atoms with Gasteiger partial charge in [0.05, 0.1) is 11.7 Å². The van der Waals surface area contributed by atoms with Crippen molar-refractivity contribution in [2.75, 3.05) is 20.0 Å². The summed E-state index contributed by atoms with van der Waals surface area (Å²) in [5, 5.41) is 7.83. The lowest BCUT2D eigenvalue weighted by molar-refractivity contribution is 0.171. The van der Waals surface area contributed by atoms with Crippen molar-refractivity contribution in [2.24, 2.45) is 11.8 Å². The van der Waals surface area contributed by atoms with Crippen LogP contribution in [0.4, 0.5) is 0 Å². The second-order valence-electron chi connectivity index (χ2n) is 16.1. The van der Waals surface area contributed by atoms with Crippen LogP contribution in [0.25, 0.3) is 15.7 Å². The Morgan fingerprint density at radius 2 is 1.08 bits per heavy atom. The van der Waals surface area contributed by atoms with Crippen molar-refractivity contribution in [2.45, 2.75) is 93.9 Å². The van der Waals surface area contributed by atoms with Gasteiger partial charge in [-0.25, -0.2) is 9.50 Å². The van der Waals surface area contributed by atoms with E-state index in [9.17, 15) is 0 Å². The number of pyridine rings is 2. The molecular formula is C45H61N3O4S. The molecule has 0 bridgehead atoms. The zero-order valence-electron chi connectivity index (χ0n) is 34.0. The second-order valence-corrected chi connectivity index (χ2v) is 16.9. The molecule has 7 nitrogen and oxygen atoms in total. The van der Waals surface area contributed by atoms with Crippen molar-refractivity contribution >= 4 is 27.1 Å². The summed E-state index contributed by atoms with van der Waals surface area (Å²) in [6.07, 6.45) is 5.78. The molecule has 0 saturated carbocycles. The first-order valence-electron chi connectivity index (χ1n) is 18.5. The lowest BCUT2D eigenvalue weighted by Gasteiger charge is -2.17. The van der Waals surface area contributed by atoms with Crippen molar-refractivity contribution in [1.82, 2.24) is 14.6 Å². The normalized spacial score (nSPS) is 12.5. The SMILES string of the molecule is CC(C)(C)c1cnn2ccccc12.CC(C)(C)c1csc2ncccc12.CC(C)C.CC(C)C.c1ccc2c(c1)OCCO2.c1ccc2c(c1)OCO2. The van der Waals surface area contributed by atoms with Crippen molar-refractivity contribution < 1.29 is 18.9 Å². The van der Waals surface area contributed by atoms with Gasteiger partial charge < -0.3 is 18.9 Å². The molecule has 0 aliphatic carbocycles. The molecule has 6 heterocycles. The molecule has 0 saturated heterocycles. The van der Waals surface area contributed by atoms with Crippen LogP contribution in [0.3, 0.4) is 0 Å². The Balaban J connectivity index is 0.000000180. The summed E-state index contributed by atoms with van der Waals surface area (Å²) in [7, 11) is 0. The van der Waals surface area contributed by atoms with E-state index in [4.69, 9.17) is 18.9 Å². The maximum atomic E-state index is 5.30. The van der Waals surface area contributed by atoms with E-state index in [1.165, 1.54) is 22.0 Å². The first kappa shape index (κ1) is 42.8. The van der Waals surface area contributed by atoms with Gasteiger partial charge in [-0.1, -0.05) is 119 Å². The third kappa shape index (κ3) is 14.4. The number of thiophene rings is 1. The highest BCUT2D eigenvalue weighted by Crippen LogP contribution is 2.33. The maximum Gasteiger partial charge on any atom is 0.231 e. The molecule has 0 radical (unpaired) electrons. The summed E-state index contributed by atoms with van der Waals surface area (Å²) in [6.45, 7) is 28.0. The molecule has 6 aromatic rings. The molecule has 0 amide bonds. The van der Waals surface area contributed by atoms with Crippen molar-refractivity contribution in [1.29, 1.82) is 0 Å². The summed E-state index contributed by atoms with van der Waals surface area (Å²) >= 11 is 1.73. The van der Waals surface area contributed by atoms with Crippen LogP contribution in [-0.4, -0.2) is 34.6 Å². The highest BCUT2D eigenvalue weighted by molar-refractivity contribution is 7.16. The minimum Gasteiger partial charge on any atom is -0.486 e. The van der Waals surface area contributed by atoms with Crippen LogP contribution >= 0.6 is 11.3 Å². The van der Waals surface area contributed by atoms with E-state index in [1.807, 2.05) is 89.8 Å². The molecule has 0 fully saturated rings. The van der Waals surface area contributed by atoms with Crippen LogP contribution in [0.15, 0.2) is 103 Å². The quantitative estimate of drug-likeness (QED) is 0.154. The molecule has 2 aliphatic rings. The number of fused-ring (bicyclic) bond motifs is 4. The fourth-order valence-electron chi connectivity index (χ4n) is 4.80. The van der Waals surface area contributed by atoms with Gasteiger partial charge in [0, 0.05) is 23.3 Å². The van der Waals surface area contributed by atoms with Gasteiger partial charge in [-0.05, 0) is 76.1 Å². The fourth-order valence-corrected chi connectivity index (χ4v) is 5.93. The van der Waals surface area contributed by atoms with E-state index in [0.717, 1.165) is 39.7 Å². The summed E-state index contributed by atoms with van der Waals surface area (Å²) in [5.74, 6) is 5.07. The highest BCUT2D eigenvalue weighted by Gasteiger charge is 2.19. The number of nitrogens with zero attached hydrogens (tertiary/aromatic N) is 3. The summed E-state index contributed by atoms with van der Waals surface area (Å²) in [6, 6.07) is 25.6. The molecule has 53 heavy (non-hydrogen) atoms. The summed E-state index contributed by atoms with van der Waals surface area (Å²) < 4.78 is 22.7. The van der Waals surface area contributed by atoms with E-state index >= 15 is 0 Å². The highest BCUT2D eigenvalue weighted by atomic mass is 32.1. The van der Waals surface area contributed by atoms with Crippen LogP contribution in [-0.2, 0) is 10.8 Å². The van der Waals surface area contributed by atoms with Gasteiger partial charge in [0.15, 0.2) is 23.0 Å². The first-order valence-corrected chi connectivity index (χ1v) is 19.4. The molecule has 0 atom stereocenters. The van der Waals surface area contributed by atoms with E-state index in [1.54, 1.807) is 11.3 Å². The number of ether oxygens (including phenoxy) is 4. The third-order valence-electron chi connectivity index (χ3n) is 7.12. The summed E-state index contributed by atoms with van der Waals surface area (Å²) in [4.78, 5) is 5.48. The van der Waals surface area contributed by atoms with Gasteiger partial charge >= 0.3 is 0 Å². The molecule has 2 aromatic carbocycles. The second kappa shape index (κ2) is 20.6. The molecule has 2 aliphatic heterocycles. The van der Waals surface area contributed by atoms with Crippen molar-refractivity contribution in [3.8, 4) is 23.0 Å². The molecular weight excluding hydrogens is 679 g/mol. The van der Waals surface area contributed by atoms with Gasteiger partial charge in [-0.2, -0.15) is 5.10 Å². The standard InChI is InChI=1S/C11H14N2.C11H13NS.C8H8O2.C7H6O2.2C4H10/c1-11(2,3)9-8-12-13-7-5-4-6-10(9)13;1-11(2,3)9-7-13-10-8(9)5-4-6-12-10;1-2-4-8-7(3-1)9-5-6-10-8;1-2-4-7-6(3-1)8-5-9-7;2*1-4(2)3/h4-8H,1-3H3;4-7H,1-3H3;1-4H,5-6H2;1-4H,5H2;2*4H,1-3H3. The van der Waals surface area contributed by atoms with E-state index in [-0.39, 0.29) is 10.8 Å². The molecule has 8 heteroatoms. The zero-order valence-corrected chi connectivity index (χ0v) is 34.8. The molecule has 0 spiro atoms. The number of rotatable bonds is 0. The van der Waals surface area contributed by atoms with Crippen molar-refractivity contribution in [3.05, 3.63) is 114 Å². The van der Waals surface area contributed by atoms with Crippen LogP contribution in [0.1, 0.15) is 94.2 Å². The van der Waals surface area contributed by atoms with Crippen LogP contribution < -0.4 is 18.9 Å². The van der Waals surface area contributed by atoms with E-state index < -0.39 is 0 Å². The Labute approximate surface area is 322 Å². The largest absolute Gasteiger partial charge is 0.486 e. The minimum absolute atomic E-state index is 0.170. The number of hydrogen-bond donors (Lipinski definition) is 0. The molecule has 286 valence electrons. The lowest BCUT2D eigenvalue weighted by Crippen LogP contribution is -2.14. The molecule has 0 N–H and O–H groups in total. The number of para-hydroxylation sites is 4. The smallest absolute Gasteiger partial charge is 0.231 e. The third-order valence-corrected chi connectivity index (χ3v) is 8.02. The van der Waals surface area contributed by atoms with Gasteiger partial charge in [0.2, 0.25) is 6.79 Å². The average molecular weight is 740 g/mol. The number of hydrogen-bond acceptors (Lipinski definition) is 7. The van der Waals surface area contributed by atoms with E-state index in [2.05, 4.69) is 111 Å².